The van der Waals surface area contributed by atoms with Crippen molar-refractivity contribution in [3.63, 3.8) is 0 Å². The highest BCUT2D eigenvalue weighted by molar-refractivity contribution is 5.56. The Morgan fingerprint density at radius 2 is 1.94 bits per heavy atom. The van der Waals surface area contributed by atoms with Crippen molar-refractivity contribution in [3.8, 4) is 12.1 Å². The average Bonchev–Trinajstić information content (AvgIpc) is 2.27. The Hall–Kier alpha value is -2.61. The van der Waals surface area contributed by atoms with Crippen molar-refractivity contribution >= 4 is 5.69 Å². The van der Waals surface area contributed by atoms with Crippen LogP contribution in [0.3, 0.4) is 0 Å². The monoisotopic (exact) mass is 255 g/mol. The lowest BCUT2D eigenvalue weighted by Crippen LogP contribution is -2.08. The van der Waals surface area contributed by atoms with Crippen molar-refractivity contribution in [2.45, 2.75) is 12.6 Å². The minimum Gasteiger partial charge on any atom is -0.258 e. The number of halogens is 3. The molecule has 0 unspecified atom stereocenters. The van der Waals surface area contributed by atoms with E-state index in [-0.39, 0.29) is 5.56 Å². The van der Waals surface area contributed by atoms with Crippen LogP contribution in [0.4, 0.5) is 18.9 Å². The first-order valence-electron chi connectivity index (χ1n) is 4.46. The van der Waals surface area contributed by atoms with Crippen molar-refractivity contribution in [3.05, 3.63) is 38.9 Å². The fourth-order valence-corrected chi connectivity index (χ4v) is 1.35. The van der Waals surface area contributed by atoms with Crippen LogP contribution in [0.2, 0.25) is 0 Å². The molecule has 0 N–H and O–H groups in total. The summed E-state index contributed by atoms with van der Waals surface area (Å²) >= 11 is 0. The lowest BCUT2D eigenvalue weighted by Gasteiger charge is -2.09. The fourth-order valence-electron chi connectivity index (χ4n) is 1.35. The van der Waals surface area contributed by atoms with E-state index in [1.807, 2.05) is 0 Å². The van der Waals surface area contributed by atoms with Gasteiger partial charge < -0.3 is 0 Å². The molecule has 18 heavy (non-hydrogen) atoms. The first-order chi connectivity index (χ1) is 8.31. The van der Waals surface area contributed by atoms with Gasteiger partial charge >= 0.3 is 6.18 Å². The molecule has 0 spiro atoms. The molecule has 0 amide bonds. The number of rotatable bonds is 2. The standard InChI is InChI=1S/C10H4F3N3O2/c11-10(12,13)7-3-6(1-2-14)8(5-15)9(4-7)16(17)18/h3-4H,1H2. The molecule has 0 fully saturated rings. The molecule has 1 aromatic rings. The van der Waals surface area contributed by atoms with E-state index in [1.165, 1.54) is 6.07 Å². The summed E-state index contributed by atoms with van der Waals surface area (Å²) in [6.07, 6.45) is -5.28. The third-order valence-corrected chi connectivity index (χ3v) is 2.10. The summed E-state index contributed by atoms with van der Waals surface area (Å²) < 4.78 is 37.5. The van der Waals surface area contributed by atoms with Crippen LogP contribution in [0.5, 0.6) is 0 Å². The Kier molecular flexibility index (Phi) is 3.53. The van der Waals surface area contributed by atoms with Gasteiger partial charge in [-0.25, -0.2) is 0 Å². The number of hydrogen-bond donors (Lipinski definition) is 0. The lowest BCUT2D eigenvalue weighted by atomic mass is 10.00. The number of nitro groups is 1. The maximum atomic E-state index is 12.5. The Morgan fingerprint density at radius 1 is 1.33 bits per heavy atom. The molecule has 0 heterocycles. The average molecular weight is 255 g/mol. The molecule has 8 heteroatoms. The third kappa shape index (κ3) is 2.55. The molecule has 1 rings (SSSR count). The lowest BCUT2D eigenvalue weighted by molar-refractivity contribution is -0.385. The molecular formula is C10H4F3N3O2. The molecule has 0 radical (unpaired) electrons. The highest BCUT2D eigenvalue weighted by Crippen LogP contribution is 2.34. The number of alkyl halides is 3. The summed E-state index contributed by atoms with van der Waals surface area (Å²) in [7, 11) is 0. The molecule has 0 saturated heterocycles. The first-order valence-corrected chi connectivity index (χ1v) is 4.46. The molecular weight excluding hydrogens is 251 g/mol. The highest BCUT2D eigenvalue weighted by atomic mass is 19.4. The number of nitriles is 2. The zero-order valence-electron chi connectivity index (χ0n) is 8.65. The smallest absolute Gasteiger partial charge is 0.258 e. The minimum atomic E-state index is -4.77. The van der Waals surface area contributed by atoms with E-state index in [1.54, 1.807) is 6.07 Å². The largest absolute Gasteiger partial charge is 0.416 e. The van der Waals surface area contributed by atoms with E-state index in [0.717, 1.165) is 0 Å². The van der Waals surface area contributed by atoms with Gasteiger partial charge in [-0.15, -0.1) is 0 Å². The van der Waals surface area contributed by atoms with Gasteiger partial charge in [-0.05, 0) is 11.6 Å². The maximum Gasteiger partial charge on any atom is 0.416 e. The van der Waals surface area contributed by atoms with Gasteiger partial charge in [0.25, 0.3) is 5.69 Å². The topological polar surface area (TPSA) is 90.7 Å². The Morgan fingerprint density at radius 3 is 2.33 bits per heavy atom. The van der Waals surface area contributed by atoms with Crippen LogP contribution in [-0.2, 0) is 12.6 Å². The molecule has 0 aliphatic heterocycles. The molecule has 0 bridgehead atoms. The van der Waals surface area contributed by atoms with E-state index in [2.05, 4.69) is 0 Å². The van der Waals surface area contributed by atoms with Gasteiger partial charge in [0, 0.05) is 6.07 Å². The molecule has 0 saturated carbocycles. The zero-order chi connectivity index (χ0) is 13.9. The Balaban J connectivity index is 3.61. The van der Waals surface area contributed by atoms with Crippen molar-refractivity contribution in [2.75, 3.05) is 0 Å². The summed E-state index contributed by atoms with van der Waals surface area (Å²) in [5.41, 5.74) is -3.02. The second-order valence-electron chi connectivity index (χ2n) is 3.23. The summed E-state index contributed by atoms with van der Waals surface area (Å²) in [6, 6.07) is 3.88. The molecule has 0 aromatic heterocycles. The number of nitro benzene ring substituents is 1. The van der Waals surface area contributed by atoms with Crippen molar-refractivity contribution in [1.82, 2.24) is 0 Å². The minimum absolute atomic E-state index is 0.291. The van der Waals surface area contributed by atoms with E-state index < -0.39 is 34.3 Å². The second kappa shape index (κ2) is 4.72. The third-order valence-electron chi connectivity index (χ3n) is 2.10. The number of nitrogens with zero attached hydrogens (tertiary/aromatic N) is 3. The van der Waals surface area contributed by atoms with E-state index in [9.17, 15) is 23.3 Å². The van der Waals surface area contributed by atoms with Gasteiger partial charge in [-0.2, -0.15) is 23.7 Å². The molecule has 92 valence electrons. The summed E-state index contributed by atoms with van der Waals surface area (Å²) in [4.78, 5) is 9.55. The van der Waals surface area contributed by atoms with Gasteiger partial charge in [0.2, 0.25) is 0 Å². The van der Waals surface area contributed by atoms with Gasteiger partial charge in [0.1, 0.15) is 11.6 Å². The van der Waals surface area contributed by atoms with Crippen LogP contribution in [0, 0.1) is 32.8 Å². The molecule has 1 aromatic carbocycles. The number of hydrogen-bond acceptors (Lipinski definition) is 4. The van der Waals surface area contributed by atoms with Gasteiger partial charge in [-0.1, -0.05) is 0 Å². The van der Waals surface area contributed by atoms with Gasteiger partial charge in [-0.3, -0.25) is 10.1 Å². The molecule has 0 aliphatic carbocycles. The van der Waals surface area contributed by atoms with E-state index >= 15 is 0 Å². The number of benzene rings is 1. The van der Waals surface area contributed by atoms with E-state index in [4.69, 9.17) is 10.5 Å². The molecule has 5 nitrogen and oxygen atoms in total. The fraction of sp³-hybridized carbons (Fsp3) is 0.200. The normalized spacial score (nSPS) is 10.5. The predicted molar refractivity (Wildman–Crippen MR) is 52.1 cm³/mol. The highest BCUT2D eigenvalue weighted by Gasteiger charge is 2.34. The van der Waals surface area contributed by atoms with Crippen molar-refractivity contribution in [1.29, 1.82) is 10.5 Å². The van der Waals surface area contributed by atoms with Crippen LogP contribution in [0.15, 0.2) is 12.1 Å². The zero-order valence-corrected chi connectivity index (χ0v) is 8.65. The molecule has 0 atom stereocenters. The quantitative estimate of drug-likeness (QED) is 0.599. The summed E-state index contributed by atoms with van der Waals surface area (Å²) in [6.45, 7) is 0. The second-order valence-corrected chi connectivity index (χ2v) is 3.23. The molecule has 0 aliphatic rings. The van der Waals surface area contributed by atoms with Crippen molar-refractivity contribution < 1.29 is 18.1 Å². The van der Waals surface area contributed by atoms with Crippen LogP contribution in [0.25, 0.3) is 0 Å². The van der Waals surface area contributed by atoms with Gasteiger partial charge in [0.05, 0.1) is 23.0 Å². The van der Waals surface area contributed by atoms with E-state index in [0.29, 0.717) is 12.1 Å². The Bertz CT molecular complexity index is 582. The van der Waals surface area contributed by atoms with Gasteiger partial charge in [0.15, 0.2) is 0 Å². The van der Waals surface area contributed by atoms with Crippen LogP contribution < -0.4 is 0 Å². The van der Waals surface area contributed by atoms with Crippen LogP contribution >= 0.6 is 0 Å². The van der Waals surface area contributed by atoms with Crippen LogP contribution in [0.1, 0.15) is 16.7 Å². The Labute approximate surface area is 98.8 Å². The first kappa shape index (κ1) is 13.5. The summed E-state index contributed by atoms with van der Waals surface area (Å²) in [5, 5.41) is 27.8. The predicted octanol–water partition coefficient (Wildman–Crippen LogP) is 2.55. The van der Waals surface area contributed by atoms with Crippen LogP contribution in [-0.4, -0.2) is 4.92 Å². The maximum absolute atomic E-state index is 12.5. The SMILES string of the molecule is N#CCc1cc(C(F)(F)F)cc([N+](=O)[O-])c1C#N. The van der Waals surface area contributed by atoms with Crippen molar-refractivity contribution in [2.24, 2.45) is 0 Å². The summed E-state index contributed by atoms with van der Waals surface area (Å²) in [5.74, 6) is 0.